The number of carbonyl (C=O) groups is 1. The van der Waals surface area contributed by atoms with Crippen LogP contribution in [0.15, 0.2) is 12.2 Å². The molecule has 4 N–H and O–H groups in total. The van der Waals surface area contributed by atoms with Crippen LogP contribution in [0.5, 0.6) is 0 Å². The maximum Gasteiger partial charge on any atom is 0.397 e. The van der Waals surface area contributed by atoms with Crippen molar-refractivity contribution in [2.75, 3.05) is 26.4 Å². The highest BCUT2D eigenvalue weighted by molar-refractivity contribution is 7.80. The molecule has 6 unspecified atom stereocenters. The van der Waals surface area contributed by atoms with E-state index in [0.29, 0.717) is 13.0 Å². The Bertz CT molecular complexity index is 1200. The average molecular weight is 963 g/mol. The summed E-state index contributed by atoms with van der Waals surface area (Å²) in [7, 11) is -5.06. The minimum Gasteiger partial charge on any atom is -0.457 e. The molecule has 1 saturated heterocycles. The van der Waals surface area contributed by atoms with Gasteiger partial charge in [-0.25, -0.2) is 4.18 Å². The fourth-order valence-electron chi connectivity index (χ4n) is 8.73. The van der Waals surface area contributed by atoms with Gasteiger partial charge in [-0.3, -0.25) is 9.35 Å². The van der Waals surface area contributed by atoms with Crippen LogP contribution in [0.25, 0.3) is 0 Å². The topological polar surface area (TPSA) is 178 Å². The monoisotopic (exact) mass is 963 g/mol. The van der Waals surface area contributed by atoms with Gasteiger partial charge in [-0.05, 0) is 38.5 Å². The molecule has 13 heteroatoms. The number of hydrogen-bond donors (Lipinski definition) is 4. The van der Waals surface area contributed by atoms with Crippen LogP contribution >= 0.6 is 0 Å². The predicted molar refractivity (Wildman–Crippen MR) is 267 cm³/mol. The number of carbonyl (C=O) groups excluding carboxylic acids is 1. The van der Waals surface area contributed by atoms with E-state index in [0.717, 1.165) is 38.5 Å². The van der Waals surface area contributed by atoms with E-state index in [1.807, 2.05) is 0 Å². The summed E-state index contributed by atoms with van der Waals surface area (Å²) >= 11 is 0. The van der Waals surface area contributed by atoms with E-state index in [9.17, 15) is 33.1 Å². The number of aliphatic hydroxyl groups excluding tert-OH is 3. The molecule has 0 aromatic heterocycles. The highest BCUT2D eigenvalue weighted by Gasteiger charge is 2.48. The number of aliphatic hydroxyl groups is 3. The zero-order valence-corrected chi connectivity index (χ0v) is 43.1. The molecular formula is C53H102O12S. The molecule has 1 fully saturated rings. The molecule has 66 heavy (non-hydrogen) atoms. The van der Waals surface area contributed by atoms with Crippen LogP contribution in [-0.4, -0.2) is 97.5 Å². The van der Waals surface area contributed by atoms with E-state index >= 15 is 0 Å². The highest BCUT2D eigenvalue weighted by Crippen LogP contribution is 2.26. The van der Waals surface area contributed by atoms with Crippen LogP contribution in [0.4, 0.5) is 0 Å². The normalized spacial score (nSPS) is 19.5. The minimum atomic E-state index is -5.06. The summed E-state index contributed by atoms with van der Waals surface area (Å²) in [6, 6.07) is 0. The van der Waals surface area contributed by atoms with E-state index in [4.69, 9.17) is 18.9 Å². The number of ether oxygens (including phenoxy) is 4. The van der Waals surface area contributed by atoms with E-state index in [1.165, 1.54) is 193 Å². The molecule has 1 rings (SSSR count). The molecule has 0 spiro atoms. The first-order valence-electron chi connectivity index (χ1n) is 27.4. The van der Waals surface area contributed by atoms with Crippen LogP contribution in [0.3, 0.4) is 0 Å². The Morgan fingerprint density at radius 3 is 1.36 bits per heavy atom. The van der Waals surface area contributed by atoms with Crippen molar-refractivity contribution in [1.29, 1.82) is 0 Å². The van der Waals surface area contributed by atoms with E-state index in [1.54, 1.807) is 0 Å². The van der Waals surface area contributed by atoms with Crippen molar-refractivity contribution in [3.8, 4) is 0 Å². The van der Waals surface area contributed by atoms with Gasteiger partial charge in [0.15, 0.2) is 6.29 Å². The van der Waals surface area contributed by atoms with Crippen molar-refractivity contribution in [3.05, 3.63) is 12.2 Å². The lowest BCUT2D eigenvalue weighted by molar-refractivity contribution is -0.301. The Morgan fingerprint density at radius 1 is 0.561 bits per heavy atom. The summed E-state index contributed by atoms with van der Waals surface area (Å²) in [5, 5.41) is 30.8. The second kappa shape index (κ2) is 45.0. The van der Waals surface area contributed by atoms with Crippen molar-refractivity contribution in [3.63, 3.8) is 0 Å². The van der Waals surface area contributed by atoms with Crippen LogP contribution in [-0.2, 0) is 38.3 Å². The largest absolute Gasteiger partial charge is 0.457 e. The third-order valence-corrected chi connectivity index (χ3v) is 13.4. The molecule has 12 nitrogen and oxygen atoms in total. The molecule has 0 aliphatic carbocycles. The average Bonchev–Trinajstić information content (AvgIpc) is 3.29. The van der Waals surface area contributed by atoms with Gasteiger partial charge in [0.2, 0.25) is 0 Å². The lowest BCUT2D eigenvalue weighted by atomic mass is 9.99. The molecule has 0 radical (unpaired) electrons. The third kappa shape index (κ3) is 37.7. The molecule has 0 saturated carbocycles. The summed E-state index contributed by atoms with van der Waals surface area (Å²) in [6.07, 6.45) is 42.4. The van der Waals surface area contributed by atoms with Gasteiger partial charge in [0.1, 0.15) is 30.5 Å². The number of allylic oxidation sites excluding steroid dienone is 2. The second-order valence-electron chi connectivity index (χ2n) is 19.2. The van der Waals surface area contributed by atoms with Crippen LogP contribution in [0.1, 0.15) is 258 Å². The molecule has 0 amide bonds. The molecule has 6 atom stereocenters. The lowest BCUT2D eigenvalue weighted by Gasteiger charge is -2.41. The summed E-state index contributed by atoms with van der Waals surface area (Å²) in [4.78, 5) is 12.9. The number of unbranched alkanes of at least 4 members (excludes halogenated alkanes) is 34. The molecule has 1 heterocycles. The molecular weight excluding hydrogens is 861 g/mol. The van der Waals surface area contributed by atoms with Gasteiger partial charge in [0.05, 0.1) is 19.8 Å². The van der Waals surface area contributed by atoms with Crippen LogP contribution in [0.2, 0.25) is 0 Å². The number of esters is 1. The van der Waals surface area contributed by atoms with Crippen molar-refractivity contribution in [2.45, 2.75) is 295 Å². The van der Waals surface area contributed by atoms with Crippen molar-refractivity contribution in [1.82, 2.24) is 0 Å². The summed E-state index contributed by atoms with van der Waals surface area (Å²) < 4.78 is 59.3. The molecule has 1 aliphatic rings. The predicted octanol–water partition coefficient (Wildman–Crippen LogP) is 13.0. The van der Waals surface area contributed by atoms with Gasteiger partial charge < -0.3 is 34.3 Å². The first-order chi connectivity index (χ1) is 32.1. The van der Waals surface area contributed by atoms with Gasteiger partial charge in [-0.2, -0.15) is 8.42 Å². The van der Waals surface area contributed by atoms with Crippen molar-refractivity contribution in [2.24, 2.45) is 0 Å². The Hall–Kier alpha value is -1.16. The molecule has 0 aromatic rings. The van der Waals surface area contributed by atoms with E-state index in [2.05, 4.69) is 30.2 Å². The minimum absolute atomic E-state index is 0.0413. The number of hydrogen-bond acceptors (Lipinski definition) is 11. The maximum atomic E-state index is 12.9. The Balaban J connectivity index is 2.31. The van der Waals surface area contributed by atoms with Gasteiger partial charge in [0, 0.05) is 13.0 Å². The fraction of sp³-hybridized carbons (Fsp3) is 0.943. The Kier molecular flexibility index (Phi) is 42.9. The Morgan fingerprint density at radius 2 is 0.955 bits per heavy atom. The quantitative estimate of drug-likeness (QED) is 0.0197. The highest BCUT2D eigenvalue weighted by atomic mass is 32.3. The van der Waals surface area contributed by atoms with Gasteiger partial charge in [-0.1, -0.05) is 225 Å². The van der Waals surface area contributed by atoms with E-state index < -0.39 is 59.8 Å². The summed E-state index contributed by atoms with van der Waals surface area (Å²) in [5.74, 6) is -0.393. The smallest absolute Gasteiger partial charge is 0.397 e. The maximum absolute atomic E-state index is 12.9. The third-order valence-electron chi connectivity index (χ3n) is 12.9. The number of rotatable bonds is 49. The summed E-state index contributed by atoms with van der Waals surface area (Å²) in [6.45, 7) is 4.05. The molecule has 1 aliphatic heterocycles. The van der Waals surface area contributed by atoms with Gasteiger partial charge in [-0.15, -0.1) is 0 Å². The zero-order valence-electron chi connectivity index (χ0n) is 42.3. The molecule has 392 valence electrons. The first kappa shape index (κ1) is 62.9. The standard InChI is InChI=1S/C53H102O12S/c1-3-5-7-9-11-13-15-17-19-21-22-23-24-25-27-29-31-33-35-37-39-41-43-61-45-47(46-62-53-51(57)52(65-66(58,59)60)50(56)48(44-54)64-53)63-49(55)42-40-38-36-34-32-30-28-26-20-18-16-14-12-10-8-6-4-2/h21-22,47-48,50-54,56-57H,3-20,23-46H2,1-2H3,(H,58,59,60)/b22-21-. The van der Waals surface area contributed by atoms with Crippen LogP contribution in [0, 0.1) is 0 Å². The molecule has 0 bridgehead atoms. The van der Waals surface area contributed by atoms with Crippen LogP contribution < -0.4 is 0 Å². The fourth-order valence-corrected chi connectivity index (χ4v) is 9.24. The second-order valence-corrected chi connectivity index (χ2v) is 20.2. The van der Waals surface area contributed by atoms with E-state index in [-0.39, 0.29) is 19.6 Å². The van der Waals surface area contributed by atoms with Crippen molar-refractivity contribution < 1.29 is 56.2 Å². The van der Waals surface area contributed by atoms with Crippen molar-refractivity contribution >= 4 is 16.4 Å². The van der Waals surface area contributed by atoms with Gasteiger partial charge >= 0.3 is 16.4 Å². The Labute approximate surface area is 404 Å². The summed E-state index contributed by atoms with van der Waals surface area (Å²) in [5.41, 5.74) is 0. The van der Waals surface area contributed by atoms with Gasteiger partial charge in [0.25, 0.3) is 0 Å². The zero-order chi connectivity index (χ0) is 48.2. The first-order valence-corrected chi connectivity index (χ1v) is 28.8. The molecule has 0 aromatic carbocycles. The SMILES string of the molecule is CCCCCCCCCC/C=C\CCCCCCCCCCCCOCC(COC1OC(CO)C(O)C(OS(=O)(=O)O)C1O)OC(=O)CCCCCCCCCCCCCCCCCCC. The lowest BCUT2D eigenvalue weighted by Crippen LogP contribution is -2.60.